The number of hydrogen-bond acceptors (Lipinski definition) is 6. The van der Waals surface area contributed by atoms with Crippen molar-refractivity contribution in [1.82, 2.24) is 29.4 Å². The summed E-state index contributed by atoms with van der Waals surface area (Å²) in [6.07, 6.45) is 5.24. The zero-order chi connectivity index (χ0) is 21.7. The molecule has 1 aliphatic rings. The molecule has 0 aliphatic carbocycles. The lowest BCUT2D eigenvalue weighted by Crippen LogP contribution is -2.33. The molecular formula is C21H19F2N7O. The lowest BCUT2D eigenvalue weighted by atomic mass is 10.0. The molecule has 10 heteroatoms. The Hall–Kier alpha value is -3.69. The maximum absolute atomic E-state index is 13.0. The molecule has 0 N–H and O–H groups in total. The van der Waals surface area contributed by atoms with Crippen molar-refractivity contribution in [3.05, 3.63) is 69.7 Å². The molecule has 0 unspecified atom stereocenters. The highest BCUT2D eigenvalue weighted by Gasteiger charge is 2.22. The minimum absolute atomic E-state index is 0.237. The maximum atomic E-state index is 13.0. The smallest absolute Gasteiger partial charge is 0.333 e. The van der Waals surface area contributed by atoms with Gasteiger partial charge in [-0.3, -0.25) is 9.78 Å². The Balaban J connectivity index is 1.51. The molecule has 0 radical (unpaired) electrons. The van der Waals surface area contributed by atoms with Crippen molar-refractivity contribution in [2.75, 3.05) is 11.4 Å². The molecular weight excluding hydrogens is 404 g/mol. The third-order valence-corrected chi connectivity index (χ3v) is 5.51. The summed E-state index contributed by atoms with van der Waals surface area (Å²) in [7, 11) is 0. The number of nitrogens with zero attached hydrogens (tertiary/aromatic N) is 7. The fourth-order valence-corrected chi connectivity index (χ4v) is 3.98. The van der Waals surface area contributed by atoms with Gasteiger partial charge in [0.25, 0.3) is 5.56 Å². The zero-order valence-corrected chi connectivity index (χ0v) is 17.0. The van der Waals surface area contributed by atoms with Gasteiger partial charge in [0.15, 0.2) is 11.5 Å². The summed E-state index contributed by atoms with van der Waals surface area (Å²) in [6, 6.07) is 5.19. The molecule has 5 rings (SSSR count). The molecule has 8 nitrogen and oxygen atoms in total. The molecule has 158 valence electrons. The van der Waals surface area contributed by atoms with Crippen molar-refractivity contribution in [3.8, 4) is 11.1 Å². The summed E-state index contributed by atoms with van der Waals surface area (Å²) in [6.45, 7) is 2.21. The number of alkyl halides is 2. The van der Waals surface area contributed by atoms with E-state index in [0.717, 1.165) is 22.4 Å². The second-order valence-corrected chi connectivity index (χ2v) is 7.59. The Bertz CT molecular complexity index is 1360. The third-order valence-electron chi connectivity index (χ3n) is 5.51. The van der Waals surface area contributed by atoms with Gasteiger partial charge in [-0.15, -0.1) is 5.10 Å². The van der Waals surface area contributed by atoms with Gasteiger partial charge >= 0.3 is 6.55 Å². The number of pyridine rings is 1. The third kappa shape index (κ3) is 3.33. The number of halogens is 2. The van der Waals surface area contributed by atoms with E-state index in [-0.39, 0.29) is 5.56 Å². The summed E-state index contributed by atoms with van der Waals surface area (Å²) in [5.41, 5.74) is 5.04. The molecule has 0 fully saturated rings. The largest absolute Gasteiger partial charge is 0.350 e. The summed E-state index contributed by atoms with van der Waals surface area (Å²) >= 11 is 0. The molecule has 5 heterocycles. The average Bonchev–Trinajstić information content (AvgIpc) is 3.15. The molecule has 4 aromatic rings. The average molecular weight is 423 g/mol. The first-order chi connectivity index (χ1) is 14.9. The number of fused-ring (bicyclic) bond motifs is 2. The zero-order valence-electron chi connectivity index (χ0n) is 17.0. The topological polar surface area (TPSA) is 81.2 Å². The van der Waals surface area contributed by atoms with E-state index in [9.17, 15) is 13.6 Å². The Morgan fingerprint density at radius 1 is 1.13 bits per heavy atom. The van der Waals surface area contributed by atoms with Gasteiger partial charge in [0.2, 0.25) is 0 Å². The van der Waals surface area contributed by atoms with Crippen molar-refractivity contribution >= 4 is 11.5 Å². The van der Waals surface area contributed by atoms with E-state index in [2.05, 4.69) is 25.1 Å². The second-order valence-electron chi connectivity index (χ2n) is 7.59. The van der Waals surface area contributed by atoms with Crippen molar-refractivity contribution in [3.63, 3.8) is 0 Å². The van der Waals surface area contributed by atoms with Crippen molar-refractivity contribution in [2.24, 2.45) is 0 Å². The Kier molecular flexibility index (Phi) is 4.49. The van der Waals surface area contributed by atoms with Crippen LogP contribution in [0.1, 0.15) is 29.1 Å². The van der Waals surface area contributed by atoms with E-state index in [4.69, 9.17) is 0 Å². The van der Waals surface area contributed by atoms with Crippen LogP contribution in [-0.2, 0) is 13.0 Å². The fraction of sp³-hybridized carbons (Fsp3) is 0.286. The van der Waals surface area contributed by atoms with E-state index in [1.54, 1.807) is 13.1 Å². The van der Waals surface area contributed by atoms with Gasteiger partial charge in [-0.2, -0.15) is 18.4 Å². The van der Waals surface area contributed by atoms with Gasteiger partial charge < -0.3 is 4.90 Å². The first kappa shape index (κ1) is 19.3. The van der Waals surface area contributed by atoms with Crippen LogP contribution in [0.2, 0.25) is 0 Å². The van der Waals surface area contributed by atoms with E-state index in [1.165, 1.54) is 23.0 Å². The van der Waals surface area contributed by atoms with Gasteiger partial charge in [0, 0.05) is 61.0 Å². The van der Waals surface area contributed by atoms with E-state index >= 15 is 0 Å². The summed E-state index contributed by atoms with van der Waals surface area (Å²) in [5.74, 6) is 0.709. The van der Waals surface area contributed by atoms with Crippen LogP contribution in [0.3, 0.4) is 0 Å². The van der Waals surface area contributed by atoms with Crippen LogP contribution in [0.5, 0.6) is 0 Å². The van der Waals surface area contributed by atoms with Gasteiger partial charge in [-0.05, 0) is 37.1 Å². The quantitative estimate of drug-likeness (QED) is 0.504. The normalized spacial score (nSPS) is 13.8. The molecule has 0 saturated heterocycles. The number of anilines is 1. The predicted molar refractivity (Wildman–Crippen MR) is 110 cm³/mol. The molecule has 0 bridgehead atoms. The molecule has 31 heavy (non-hydrogen) atoms. The molecule has 1 aliphatic heterocycles. The number of aryl methyl sites for hydroxylation is 2. The highest BCUT2D eigenvalue weighted by Crippen LogP contribution is 2.30. The first-order valence-corrected chi connectivity index (χ1v) is 9.83. The summed E-state index contributed by atoms with van der Waals surface area (Å²) < 4.78 is 28.0. The van der Waals surface area contributed by atoms with Crippen LogP contribution in [0.4, 0.5) is 14.6 Å². The monoisotopic (exact) mass is 423 g/mol. The maximum Gasteiger partial charge on any atom is 0.333 e. The van der Waals surface area contributed by atoms with Crippen molar-refractivity contribution in [1.29, 1.82) is 0 Å². The molecule has 0 saturated carbocycles. The van der Waals surface area contributed by atoms with Gasteiger partial charge in [0.05, 0.1) is 5.69 Å². The van der Waals surface area contributed by atoms with Crippen LogP contribution in [0.25, 0.3) is 16.8 Å². The van der Waals surface area contributed by atoms with E-state index in [0.29, 0.717) is 46.9 Å². The predicted octanol–water partition coefficient (Wildman–Crippen LogP) is 2.92. The minimum atomic E-state index is -2.69. The van der Waals surface area contributed by atoms with Crippen LogP contribution >= 0.6 is 0 Å². The SMILES string of the molecule is Cc1cc2nccc(=O)n2nc1N1CCc2ncc(-c3cn(C(F)F)nc3C)cc2C1. The number of hydrogen-bond donors (Lipinski definition) is 0. The van der Waals surface area contributed by atoms with Crippen LogP contribution in [0.15, 0.2) is 41.6 Å². The van der Waals surface area contributed by atoms with Crippen LogP contribution in [-0.4, -0.2) is 35.9 Å². The standard InChI is InChI=1S/C21H19F2N7O/c1-12-7-18-24-5-3-19(31)30(18)27-20(12)28-6-4-17-15(10-28)8-14(9-25-17)16-11-29(21(22)23)26-13(16)2/h3,5,7-9,11,21H,4,6,10H2,1-2H3. The molecule has 0 atom stereocenters. The van der Waals surface area contributed by atoms with E-state index in [1.807, 2.05) is 19.1 Å². The second kappa shape index (κ2) is 7.22. The van der Waals surface area contributed by atoms with Gasteiger partial charge in [-0.1, -0.05) is 0 Å². The minimum Gasteiger partial charge on any atom is -0.350 e. The van der Waals surface area contributed by atoms with Crippen molar-refractivity contribution in [2.45, 2.75) is 33.4 Å². The first-order valence-electron chi connectivity index (χ1n) is 9.83. The Morgan fingerprint density at radius 3 is 2.74 bits per heavy atom. The van der Waals surface area contributed by atoms with Crippen LogP contribution in [0, 0.1) is 13.8 Å². The van der Waals surface area contributed by atoms with Crippen LogP contribution < -0.4 is 10.5 Å². The molecule has 0 amide bonds. The van der Waals surface area contributed by atoms with E-state index < -0.39 is 6.55 Å². The molecule has 0 spiro atoms. The number of aromatic nitrogens is 6. The lowest BCUT2D eigenvalue weighted by Gasteiger charge is -2.30. The summed E-state index contributed by atoms with van der Waals surface area (Å²) in [4.78, 5) is 23.0. The van der Waals surface area contributed by atoms with Gasteiger partial charge in [-0.25, -0.2) is 9.67 Å². The van der Waals surface area contributed by atoms with Gasteiger partial charge in [0.1, 0.15) is 0 Å². The van der Waals surface area contributed by atoms with Crippen molar-refractivity contribution < 1.29 is 8.78 Å². The molecule has 0 aromatic carbocycles. The highest BCUT2D eigenvalue weighted by atomic mass is 19.3. The Morgan fingerprint density at radius 2 is 1.97 bits per heavy atom. The highest BCUT2D eigenvalue weighted by molar-refractivity contribution is 5.66. The fourth-order valence-electron chi connectivity index (χ4n) is 3.98. The Labute approximate surface area is 175 Å². The summed E-state index contributed by atoms with van der Waals surface area (Å²) in [5, 5.41) is 8.43. The lowest BCUT2D eigenvalue weighted by molar-refractivity contribution is 0.0563. The molecule has 4 aromatic heterocycles. The number of rotatable bonds is 3.